The molecule has 0 aliphatic carbocycles. The molecule has 0 radical (unpaired) electrons. The van der Waals surface area contributed by atoms with Crippen molar-refractivity contribution in [2.75, 3.05) is 5.32 Å². The summed E-state index contributed by atoms with van der Waals surface area (Å²) in [5, 5.41) is 4.83. The van der Waals surface area contributed by atoms with E-state index in [1.165, 1.54) is 5.01 Å². The van der Waals surface area contributed by atoms with Gasteiger partial charge in [0.05, 0.1) is 22.0 Å². The predicted molar refractivity (Wildman–Crippen MR) is 114 cm³/mol. The van der Waals surface area contributed by atoms with Gasteiger partial charge in [-0.3, -0.25) is 10.2 Å². The molecule has 0 aromatic heterocycles. The van der Waals surface area contributed by atoms with Crippen molar-refractivity contribution in [2.45, 2.75) is 12.0 Å². The summed E-state index contributed by atoms with van der Waals surface area (Å²) in [4.78, 5) is 25.9. The zero-order valence-corrected chi connectivity index (χ0v) is 16.7. The van der Waals surface area contributed by atoms with Crippen LogP contribution in [0.2, 0.25) is 10.0 Å². The summed E-state index contributed by atoms with van der Waals surface area (Å²) in [5.41, 5.74) is 4.89. The molecule has 5 nitrogen and oxygen atoms in total. The Labute approximate surface area is 178 Å². The van der Waals surface area contributed by atoms with Gasteiger partial charge in [0.25, 0.3) is 0 Å². The summed E-state index contributed by atoms with van der Waals surface area (Å²) in [6.45, 7) is 0. The second-order valence-electron chi connectivity index (χ2n) is 6.65. The van der Waals surface area contributed by atoms with Crippen LogP contribution >= 0.6 is 23.2 Å². The normalized spacial score (nSPS) is 18.4. The summed E-state index contributed by atoms with van der Waals surface area (Å²) < 4.78 is 0. The van der Waals surface area contributed by atoms with Crippen LogP contribution < -0.4 is 10.7 Å². The lowest BCUT2D eigenvalue weighted by Crippen LogP contribution is -2.42. The van der Waals surface area contributed by atoms with Gasteiger partial charge in [0.15, 0.2) is 0 Å². The molecule has 0 saturated carbocycles. The number of halogens is 2. The van der Waals surface area contributed by atoms with Crippen molar-refractivity contribution < 1.29 is 9.59 Å². The highest BCUT2D eigenvalue weighted by molar-refractivity contribution is 6.42. The van der Waals surface area contributed by atoms with E-state index in [1.54, 1.807) is 18.2 Å². The maximum absolute atomic E-state index is 13.0. The molecule has 3 aromatic carbocycles. The number of carbonyl (C=O) groups excluding carboxylic acids is 2. The van der Waals surface area contributed by atoms with Crippen molar-refractivity contribution in [1.82, 2.24) is 10.4 Å². The van der Waals surface area contributed by atoms with Crippen molar-refractivity contribution >= 4 is 40.8 Å². The summed E-state index contributed by atoms with van der Waals surface area (Å²) in [5.74, 6) is -0.771. The first-order valence-corrected chi connectivity index (χ1v) is 9.76. The van der Waals surface area contributed by atoms with Gasteiger partial charge in [0.2, 0.25) is 5.91 Å². The number of nitrogens with zero attached hydrogens (tertiary/aromatic N) is 1. The topological polar surface area (TPSA) is 61.4 Å². The molecule has 0 bridgehead atoms. The molecule has 146 valence electrons. The Balaban J connectivity index is 1.68. The van der Waals surface area contributed by atoms with Crippen LogP contribution in [0.4, 0.5) is 10.5 Å². The third-order valence-corrected chi connectivity index (χ3v) is 5.54. The third kappa shape index (κ3) is 3.92. The minimum absolute atomic E-state index is 0.241. The molecule has 0 spiro atoms. The fourth-order valence-electron chi connectivity index (χ4n) is 3.47. The van der Waals surface area contributed by atoms with E-state index in [-0.39, 0.29) is 5.91 Å². The molecule has 1 fully saturated rings. The van der Waals surface area contributed by atoms with Gasteiger partial charge in [0, 0.05) is 5.69 Å². The van der Waals surface area contributed by atoms with E-state index < -0.39 is 18.0 Å². The number of benzene rings is 3. The van der Waals surface area contributed by atoms with E-state index in [1.807, 2.05) is 60.7 Å². The highest BCUT2D eigenvalue weighted by Gasteiger charge is 2.45. The number of hydrogen-bond donors (Lipinski definition) is 2. The van der Waals surface area contributed by atoms with Crippen molar-refractivity contribution in [3.63, 3.8) is 0 Å². The number of hydrazine groups is 1. The van der Waals surface area contributed by atoms with Gasteiger partial charge < -0.3 is 5.32 Å². The summed E-state index contributed by atoms with van der Waals surface area (Å²) in [6, 6.07) is 22.7. The van der Waals surface area contributed by atoms with E-state index >= 15 is 0 Å². The quantitative estimate of drug-likeness (QED) is 0.590. The first kappa shape index (κ1) is 19.3. The fraction of sp³-hybridized carbons (Fsp3) is 0.0909. The van der Waals surface area contributed by atoms with Crippen LogP contribution in [-0.4, -0.2) is 16.9 Å². The van der Waals surface area contributed by atoms with Gasteiger partial charge in [-0.05, 0) is 29.3 Å². The van der Waals surface area contributed by atoms with Crippen LogP contribution in [0.5, 0.6) is 0 Å². The molecular weight excluding hydrogens is 409 g/mol. The lowest BCUT2D eigenvalue weighted by Gasteiger charge is -2.26. The Morgan fingerprint density at radius 3 is 2.10 bits per heavy atom. The van der Waals surface area contributed by atoms with Gasteiger partial charge in [-0.2, -0.15) is 0 Å². The molecule has 2 unspecified atom stereocenters. The molecular formula is C22H17Cl2N3O2. The molecule has 29 heavy (non-hydrogen) atoms. The minimum Gasteiger partial charge on any atom is -0.306 e. The van der Waals surface area contributed by atoms with Crippen molar-refractivity contribution in [3.05, 3.63) is 100 Å². The van der Waals surface area contributed by atoms with Crippen LogP contribution in [0.3, 0.4) is 0 Å². The molecule has 1 saturated heterocycles. The Morgan fingerprint density at radius 2 is 1.48 bits per heavy atom. The van der Waals surface area contributed by atoms with Gasteiger partial charge in [-0.25, -0.2) is 9.80 Å². The Hall–Kier alpha value is -3.02. The molecule has 3 aromatic rings. The highest BCUT2D eigenvalue weighted by atomic mass is 35.5. The zero-order chi connectivity index (χ0) is 20.4. The number of amides is 3. The number of rotatable bonds is 3. The summed E-state index contributed by atoms with van der Waals surface area (Å²) in [7, 11) is 0. The minimum atomic E-state index is -0.529. The average Bonchev–Trinajstić information content (AvgIpc) is 3.09. The van der Waals surface area contributed by atoms with Gasteiger partial charge in [0.1, 0.15) is 0 Å². The molecule has 2 N–H and O–H groups in total. The van der Waals surface area contributed by atoms with Crippen LogP contribution in [0.1, 0.15) is 23.1 Å². The maximum atomic E-state index is 13.0. The lowest BCUT2D eigenvalue weighted by molar-refractivity contribution is -0.121. The van der Waals surface area contributed by atoms with Crippen molar-refractivity contribution in [2.24, 2.45) is 0 Å². The molecule has 4 rings (SSSR count). The van der Waals surface area contributed by atoms with Crippen molar-refractivity contribution in [3.8, 4) is 0 Å². The smallest absolute Gasteiger partial charge is 0.306 e. The molecule has 7 heteroatoms. The molecule has 1 aliphatic heterocycles. The maximum Gasteiger partial charge on any atom is 0.341 e. The summed E-state index contributed by atoms with van der Waals surface area (Å²) >= 11 is 12.0. The lowest BCUT2D eigenvalue weighted by atomic mass is 9.87. The SMILES string of the molecule is O=C1NN(C(=O)Nc2ccc(Cl)c(Cl)c2)C(c2ccccc2)C1c1ccccc1. The first-order chi connectivity index (χ1) is 14.0. The summed E-state index contributed by atoms with van der Waals surface area (Å²) in [6.07, 6.45) is 0. The van der Waals surface area contributed by atoms with E-state index in [0.717, 1.165) is 11.1 Å². The van der Waals surface area contributed by atoms with Crippen LogP contribution in [-0.2, 0) is 4.79 Å². The van der Waals surface area contributed by atoms with Crippen molar-refractivity contribution in [1.29, 1.82) is 0 Å². The largest absolute Gasteiger partial charge is 0.341 e. The van der Waals surface area contributed by atoms with Gasteiger partial charge in [-0.1, -0.05) is 83.9 Å². The number of urea groups is 1. The number of hydrogen-bond acceptors (Lipinski definition) is 2. The fourth-order valence-corrected chi connectivity index (χ4v) is 3.77. The van der Waals surface area contributed by atoms with E-state index in [2.05, 4.69) is 10.7 Å². The number of anilines is 1. The zero-order valence-electron chi connectivity index (χ0n) is 15.2. The van der Waals surface area contributed by atoms with Crippen LogP contribution in [0.15, 0.2) is 78.9 Å². The Kier molecular flexibility index (Phi) is 5.43. The second kappa shape index (κ2) is 8.15. The molecule has 3 amide bonds. The average molecular weight is 426 g/mol. The van der Waals surface area contributed by atoms with E-state index in [9.17, 15) is 9.59 Å². The monoisotopic (exact) mass is 425 g/mol. The standard InChI is InChI=1S/C22H17Cl2N3O2/c23-17-12-11-16(13-18(17)24)25-22(29)27-20(15-9-5-2-6-10-15)19(21(28)26-27)14-7-3-1-4-8-14/h1-13,19-20H,(H,25,29)(H,26,28). The Bertz CT molecular complexity index is 1040. The van der Waals surface area contributed by atoms with Gasteiger partial charge >= 0.3 is 6.03 Å². The van der Waals surface area contributed by atoms with E-state index in [4.69, 9.17) is 23.2 Å². The van der Waals surface area contributed by atoms with Crippen LogP contribution in [0.25, 0.3) is 0 Å². The highest BCUT2D eigenvalue weighted by Crippen LogP contribution is 2.40. The predicted octanol–water partition coefficient (Wildman–Crippen LogP) is 5.40. The third-order valence-electron chi connectivity index (χ3n) is 4.80. The molecule has 1 heterocycles. The van der Waals surface area contributed by atoms with Gasteiger partial charge in [-0.15, -0.1) is 0 Å². The first-order valence-electron chi connectivity index (χ1n) is 9.00. The second-order valence-corrected chi connectivity index (χ2v) is 7.46. The molecule has 1 aliphatic rings. The van der Waals surface area contributed by atoms with Crippen LogP contribution in [0, 0.1) is 0 Å². The number of carbonyl (C=O) groups is 2. The molecule has 2 atom stereocenters. The number of nitrogens with one attached hydrogen (secondary N) is 2. The Morgan fingerprint density at radius 1 is 0.862 bits per heavy atom. The van der Waals surface area contributed by atoms with E-state index in [0.29, 0.717) is 15.7 Å².